The summed E-state index contributed by atoms with van der Waals surface area (Å²) in [6.45, 7) is 7.03. The second-order valence-electron chi connectivity index (χ2n) is 8.70. The van der Waals surface area contributed by atoms with E-state index in [2.05, 4.69) is 45.9 Å². The Balaban J connectivity index is 1.39. The molecule has 2 heterocycles. The first-order valence-corrected chi connectivity index (χ1v) is 12.8. The molecule has 0 saturated carbocycles. The number of aryl methyl sites for hydroxylation is 2. The van der Waals surface area contributed by atoms with E-state index in [9.17, 15) is 4.79 Å². The number of hydrogen-bond donors (Lipinski definition) is 1. The van der Waals surface area contributed by atoms with Crippen LogP contribution in [0.4, 0.5) is 5.69 Å². The zero-order chi connectivity index (χ0) is 21.8. The molecule has 166 valence electrons. The summed E-state index contributed by atoms with van der Waals surface area (Å²) >= 11 is 7.94. The molecule has 6 heteroatoms. The average molecular weight is 458 g/mol. The molecule has 1 amide bonds. The second kappa shape index (κ2) is 10.3. The SMILES string of the molecule is CSN1CCC(CNC(=O)c2ccc3c(c2)CCCN3Cc2ccc(Cl)cc2C)CC1. The average Bonchev–Trinajstić information content (AvgIpc) is 2.79. The van der Waals surface area contributed by atoms with Gasteiger partial charge in [0.05, 0.1) is 0 Å². The van der Waals surface area contributed by atoms with Crippen molar-refractivity contribution in [2.24, 2.45) is 5.92 Å². The van der Waals surface area contributed by atoms with Crippen LogP contribution < -0.4 is 10.2 Å². The van der Waals surface area contributed by atoms with Gasteiger partial charge in [-0.25, -0.2) is 0 Å². The van der Waals surface area contributed by atoms with E-state index in [1.54, 1.807) is 0 Å². The maximum absolute atomic E-state index is 12.8. The molecule has 2 aliphatic heterocycles. The normalized spacial score (nSPS) is 17.5. The van der Waals surface area contributed by atoms with Gasteiger partial charge < -0.3 is 10.2 Å². The van der Waals surface area contributed by atoms with Crippen molar-refractivity contribution in [1.29, 1.82) is 0 Å². The molecule has 4 rings (SSSR count). The van der Waals surface area contributed by atoms with E-state index in [4.69, 9.17) is 11.6 Å². The number of piperidine rings is 1. The van der Waals surface area contributed by atoms with Gasteiger partial charge in [0.25, 0.3) is 5.91 Å². The molecule has 2 aromatic rings. The minimum Gasteiger partial charge on any atom is -0.367 e. The van der Waals surface area contributed by atoms with E-state index in [-0.39, 0.29) is 5.91 Å². The van der Waals surface area contributed by atoms with Gasteiger partial charge in [0, 0.05) is 49.0 Å². The predicted molar refractivity (Wildman–Crippen MR) is 132 cm³/mol. The predicted octanol–water partition coefficient (Wildman–Crippen LogP) is 5.32. The summed E-state index contributed by atoms with van der Waals surface area (Å²) in [5.74, 6) is 0.642. The third-order valence-electron chi connectivity index (χ3n) is 6.61. The van der Waals surface area contributed by atoms with Crippen molar-refractivity contribution in [3.05, 3.63) is 63.7 Å². The number of amides is 1. The Morgan fingerprint density at radius 3 is 2.71 bits per heavy atom. The fourth-order valence-electron chi connectivity index (χ4n) is 4.66. The van der Waals surface area contributed by atoms with Crippen LogP contribution in [-0.4, -0.2) is 42.6 Å². The first-order valence-electron chi connectivity index (χ1n) is 11.2. The molecule has 1 fully saturated rings. The summed E-state index contributed by atoms with van der Waals surface area (Å²) in [5.41, 5.74) is 5.83. The molecular weight excluding hydrogens is 426 g/mol. The Bertz CT molecular complexity index is 927. The molecule has 0 atom stereocenters. The van der Waals surface area contributed by atoms with Gasteiger partial charge in [-0.05, 0) is 91.8 Å². The third kappa shape index (κ3) is 5.57. The standard InChI is InChI=1S/C25H32ClN3OS/c1-18-14-23(26)7-5-22(18)17-28-11-3-4-20-15-21(6-8-24(20)28)25(30)27-16-19-9-12-29(31-2)13-10-19/h5-8,14-15,19H,3-4,9-13,16-17H2,1-2H3,(H,27,30). The Labute approximate surface area is 195 Å². The van der Waals surface area contributed by atoms with Crippen LogP contribution in [0.3, 0.4) is 0 Å². The van der Waals surface area contributed by atoms with E-state index in [0.29, 0.717) is 5.92 Å². The summed E-state index contributed by atoms with van der Waals surface area (Å²) in [6.07, 6.45) is 6.59. The van der Waals surface area contributed by atoms with E-state index in [0.717, 1.165) is 69.0 Å². The number of carbonyl (C=O) groups is 1. The topological polar surface area (TPSA) is 35.6 Å². The number of halogens is 1. The van der Waals surface area contributed by atoms with E-state index >= 15 is 0 Å². The summed E-state index contributed by atoms with van der Waals surface area (Å²) in [5, 5.41) is 3.96. The van der Waals surface area contributed by atoms with Gasteiger partial charge in [-0.1, -0.05) is 29.6 Å². The Hall–Kier alpha value is -1.69. The van der Waals surface area contributed by atoms with Crippen LogP contribution in [0.1, 0.15) is 46.3 Å². The number of nitrogens with one attached hydrogen (secondary N) is 1. The van der Waals surface area contributed by atoms with Gasteiger partial charge in [-0.2, -0.15) is 0 Å². The van der Waals surface area contributed by atoms with E-state index in [1.165, 1.54) is 22.4 Å². The minimum atomic E-state index is 0.0563. The zero-order valence-corrected chi connectivity index (χ0v) is 20.1. The zero-order valence-electron chi connectivity index (χ0n) is 18.5. The Morgan fingerprint density at radius 1 is 1.16 bits per heavy atom. The van der Waals surface area contributed by atoms with Crippen molar-refractivity contribution in [1.82, 2.24) is 9.62 Å². The smallest absolute Gasteiger partial charge is 0.251 e. The maximum Gasteiger partial charge on any atom is 0.251 e. The van der Waals surface area contributed by atoms with Crippen molar-refractivity contribution in [2.75, 3.05) is 37.3 Å². The van der Waals surface area contributed by atoms with Gasteiger partial charge in [-0.3, -0.25) is 9.10 Å². The molecule has 0 aliphatic carbocycles. The lowest BCUT2D eigenvalue weighted by Gasteiger charge is -2.32. The first-order chi connectivity index (χ1) is 15.0. The molecule has 1 saturated heterocycles. The fourth-order valence-corrected chi connectivity index (χ4v) is 5.46. The van der Waals surface area contributed by atoms with Crippen LogP contribution in [0.15, 0.2) is 36.4 Å². The molecule has 0 unspecified atom stereocenters. The quantitative estimate of drug-likeness (QED) is 0.595. The lowest BCUT2D eigenvalue weighted by atomic mass is 9.96. The van der Waals surface area contributed by atoms with E-state index < -0.39 is 0 Å². The van der Waals surface area contributed by atoms with Gasteiger partial charge >= 0.3 is 0 Å². The highest BCUT2D eigenvalue weighted by Crippen LogP contribution is 2.30. The third-order valence-corrected chi connectivity index (χ3v) is 7.72. The van der Waals surface area contributed by atoms with Crippen LogP contribution in [0.2, 0.25) is 5.02 Å². The number of nitrogens with zero attached hydrogens (tertiary/aromatic N) is 2. The van der Waals surface area contributed by atoms with Gasteiger partial charge in [-0.15, -0.1) is 0 Å². The summed E-state index contributed by atoms with van der Waals surface area (Å²) in [4.78, 5) is 15.2. The Morgan fingerprint density at radius 2 is 1.97 bits per heavy atom. The second-order valence-corrected chi connectivity index (χ2v) is 10.0. The number of carbonyl (C=O) groups excluding carboxylic acids is 1. The van der Waals surface area contributed by atoms with Crippen LogP contribution in [0.5, 0.6) is 0 Å². The number of benzene rings is 2. The first kappa shape index (κ1) is 22.5. The van der Waals surface area contributed by atoms with Gasteiger partial charge in [0.15, 0.2) is 0 Å². The highest BCUT2D eigenvalue weighted by molar-refractivity contribution is 7.96. The highest BCUT2D eigenvalue weighted by atomic mass is 35.5. The van der Waals surface area contributed by atoms with Crippen molar-refractivity contribution >= 4 is 35.1 Å². The molecular formula is C25H32ClN3OS. The molecule has 2 aromatic carbocycles. The lowest BCUT2D eigenvalue weighted by Crippen LogP contribution is -2.36. The van der Waals surface area contributed by atoms with Crippen LogP contribution >= 0.6 is 23.5 Å². The number of rotatable bonds is 6. The molecule has 2 aliphatic rings. The summed E-state index contributed by atoms with van der Waals surface area (Å²) in [7, 11) is 0. The summed E-state index contributed by atoms with van der Waals surface area (Å²) in [6, 6.07) is 12.3. The molecule has 0 bridgehead atoms. The largest absolute Gasteiger partial charge is 0.367 e. The number of anilines is 1. The Kier molecular flexibility index (Phi) is 7.47. The van der Waals surface area contributed by atoms with Crippen molar-refractivity contribution < 1.29 is 4.79 Å². The van der Waals surface area contributed by atoms with Gasteiger partial charge in [0.1, 0.15) is 0 Å². The number of hydrogen-bond acceptors (Lipinski definition) is 4. The molecule has 4 nitrogen and oxygen atoms in total. The minimum absolute atomic E-state index is 0.0563. The highest BCUT2D eigenvalue weighted by Gasteiger charge is 2.21. The molecule has 31 heavy (non-hydrogen) atoms. The monoisotopic (exact) mass is 457 g/mol. The summed E-state index contributed by atoms with van der Waals surface area (Å²) < 4.78 is 2.40. The maximum atomic E-state index is 12.8. The van der Waals surface area contributed by atoms with E-state index in [1.807, 2.05) is 30.1 Å². The molecule has 0 aromatic heterocycles. The van der Waals surface area contributed by atoms with Crippen molar-refractivity contribution in [3.63, 3.8) is 0 Å². The van der Waals surface area contributed by atoms with Crippen LogP contribution in [0.25, 0.3) is 0 Å². The van der Waals surface area contributed by atoms with Gasteiger partial charge in [0.2, 0.25) is 0 Å². The van der Waals surface area contributed by atoms with Crippen molar-refractivity contribution in [3.8, 4) is 0 Å². The number of fused-ring (bicyclic) bond motifs is 1. The van der Waals surface area contributed by atoms with Crippen LogP contribution in [-0.2, 0) is 13.0 Å². The lowest BCUT2D eigenvalue weighted by molar-refractivity contribution is 0.0942. The molecule has 0 radical (unpaired) electrons. The fraction of sp³-hybridized carbons (Fsp3) is 0.480. The molecule has 0 spiro atoms. The van der Waals surface area contributed by atoms with Crippen LogP contribution in [0, 0.1) is 12.8 Å². The van der Waals surface area contributed by atoms with Crippen molar-refractivity contribution in [2.45, 2.75) is 39.2 Å². The molecule has 1 N–H and O–H groups in total.